The molecule has 0 aliphatic carbocycles. The van der Waals surface area contributed by atoms with E-state index in [4.69, 9.17) is 23.2 Å². The van der Waals surface area contributed by atoms with Crippen molar-refractivity contribution in [2.24, 2.45) is 0 Å². The quantitative estimate of drug-likeness (QED) is 0.405. The van der Waals surface area contributed by atoms with Crippen LogP contribution in [0.3, 0.4) is 0 Å². The van der Waals surface area contributed by atoms with Crippen LogP contribution in [0.15, 0.2) is 80.8 Å². The van der Waals surface area contributed by atoms with E-state index in [9.17, 15) is 9.59 Å². The number of rotatable bonds is 3. The zero-order chi connectivity index (χ0) is 19.8. The van der Waals surface area contributed by atoms with Crippen molar-refractivity contribution in [2.45, 2.75) is 6.54 Å². The molecule has 1 aromatic heterocycles. The maximum absolute atomic E-state index is 13.3. The minimum Gasteiger partial charge on any atom is -0.288 e. The van der Waals surface area contributed by atoms with Crippen molar-refractivity contribution in [1.82, 2.24) is 9.13 Å². The average molecular weight is 476 g/mol. The highest BCUT2D eigenvalue weighted by atomic mass is 79.9. The smallest absolute Gasteiger partial charge is 0.288 e. The SMILES string of the molecule is O=c1c2cc(Br)ccc2n(Cc2ccccc2Cl)c(=O)n1-c1ccc(Cl)cc1. The van der Waals surface area contributed by atoms with Gasteiger partial charge in [-0.2, -0.15) is 0 Å². The first-order chi connectivity index (χ1) is 13.5. The summed E-state index contributed by atoms with van der Waals surface area (Å²) in [6, 6.07) is 19.2. The number of hydrogen-bond donors (Lipinski definition) is 0. The highest BCUT2D eigenvalue weighted by Crippen LogP contribution is 2.21. The first-order valence-corrected chi connectivity index (χ1v) is 9.95. The minimum atomic E-state index is -0.443. The van der Waals surface area contributed by atoms with Crippen molar-refractivity contribution in [3.05, 3.63) is 108 Å². The van der Waals surface area contributed by atoms with E-state index in [2.05, 4.69) is 15.9 Å². The molecule has 4 aromatic rings. The molecule has 0 saturated carbocycles. The van der Waals surface area contributed by atoms with Crippen LogP contribution >= 0.6 is 39.1 Å². The summed E-state index contributed by atoms with van der Waals surface area (Å²) in [5.41, 5.74) is 0.954. The normalized spacial score (nSPS) is 11.1. The first kappa shape index (κ1) is 19.0. The summed E-state index contributed by atoms with van der Waals surface area (Å²) in [7, 11) is 0. The topological polar surface area (TPSA) is 44.0 Å². The molecule has 0 spiro atoms. The predicted octanol–water partition coefficient (Wildman–Crippen LogP) is 5.27. The number of halogens is 3. The van der Waals surface area contributed by atoms with Gasteiger partial charge >= 0.3 is 5.69 Å². The predicted molar refractivity (Wildman–Crippen MR) is 117 cm³/mol. The molecule has 1 heterocycles. The van der Waals surface area contributed by atoms with Crippen LogP contribution in [0.25, 0.3) is 16.6 Å². The van der Waals surface area contributed by atoms with E-state index in [-0.39, 0.29) is 12.1 Å². The summed E-state index contributed by atoms with van der Waals surface area (Å²) in [5, 5.41) is 1.51. The van der Waals surface area contributed by atoms with Gasteiger partial charge in [-0.05, 0) is 54.1 Å². The molecule has 7 heteroatoms. The van der Waals surface area contributed by atoms with Gasteiger partial charge < -0.3 is 0 Å². The van der Waals surface area contributed by atoms with Gasteiger partial charge in [0.15, 0.2) is 0 Å². The van der Waals surface area contributed by atoms with Crippen molar-refractivity contribution >= 4 is 50.0 Å². The Morgan fingerprint density at radius 2 is 1.61 bits per heavy atom. The average Bonchev–Trinajstić information content (AvgIpc) is 2.68. The van der Waals surface area contributed by atoms with Crippen LogP contribution in [-0.4, -0.2) is 9.13 Å². The Morgan fingerprint density at radius 3 is 2.32 bits per heavy atom. The van der Waals surface area contributed by atoms with Gasteiger partial charge in [0, 0.05) is 14.5 Å². The van der Waals surface area contributed by atoms with Crippen molar-refractivity contribution < 1.29 is 0 Å². The number of nitrogens with zero attached hydrogens (tertiary/aromatic N) is 2. The number of hydrogen-bond acceptors (Lipinski definition) is 2. The lowest BCUT2D eigenvalue weighted by molar-refractivity contribution is 0.714. The molecule has 0 aliphatic rings. The number of benzene rings is 3. The fourth-order valence-corrected chi connectivity index (χ4v) is 3.80. The number of fused-ring (bicyclic) bond motifs is 1. The molecule has 0 fully saturated rings. The molecular formula is C21H13BrCl2N2O2. The van der Waals surface area contributed by atoms with Gasteiger partial charge in [-0.1, -0.05) is 57.3 Å². The van der Waals surface area contributed by atoms with Gasteiger partial charge in [0.1, 0.15) is 0 Å². The summed E-state index contributed by atoms with van der Waals surface area (Å²) in [6.07, 6.45) is 0. The fraction of sp³-hybridized carbons (Fsp3) is 0.0476. The van der Waals surface area contributed by atoms with Crippen molar-refractivity contribution in [3.63, 3.8) is 0 Å². The summed E-state index contributed by atoms with van der Waals surface area (Å²) in [5.74, 6) is 0. The second-order valence-electron chi connectivity index (χ2n) is 6.24. The van der Waals surface area contributed by atoms with Crippen LogP contribution < -0.4 is 11.2 Å². The van der Waals surface area contributed by atoms with Crippen LogP contribution in [-0.2, 0) is 6.54 Å². The molecule has 0 atom stereocenters. The maximum Gasteiger partial charge on any atom is 0.336 e. The van der Waals surface area contributed by atoms with E-state index < -0.39 is 5.69 Å². The summed E-state index contributed by atoms with van der Waals surface area (Å²) in [6.45, 7) is 0.241. The lowest BCUT2D eigenvalue weighted by Crippen LogP contribution is -2.39. The molecule has 28 heavy (non-hydrogen) atoms. The molecule has 3 aromatic carbocycles. The Hall–Kier alpha value is -2.34. The third kappa shape index (κ3) is 3.41. The third-order valence-electron chi connectivity index (χ3n) is 4.48. The minimum absolute atomic E-state index is 0.241. The van der Waals surface area contributed by atoms with Gasteiger partial charge in [0.25, 0.3) is 5.56 Å². The van der Waals surface area contributed by atoms with Crippen LogP contribution in [0.4, 0.5) is 0 Å². The largest absolute Gasteiger partial charge is 0.336 e. The van der Waals surface area contributed by atoms with E-state index in [0.29, 0.717) is 26.6 Å². The van der Waals surface area contributed by atoms with Crippen LogP contribution in [0.1, 0.15) is 5.56 Å². The van der Waals surface area contributed by atoms with Gasteiger partial charge in [-0.15, -0.1) is 0 Å². The molecular weight excluding hydrogens is 463 g/mol. The standard InChI is InChI=1S/C21H13BrCl2N2O2/c22-14-5-10-19-17(11-14)20(27)26(16-8-6-15(23)7-9-16)21(28)25(19)12-13-3-1-2-4-18(13)24/h1-11H,12H2. The zero-order valence-electron chi connectivity index (χ0n) is 14.4. The van der Waals surface area contributed by atoms with Crippen LogP contribution in [0.5, 0.6) is 0 Å². The second kappa shape index (κ2) is 7.59. The van der Waals surface area contributed by atoms with Gasteiger partial charge in [0.2, 0.25) is 0 Å². The lowest BCUT2D eigenvalue weighted by Gasteiger charge is -2.15. The monoisotopic (exact) mass is 474 g/mol. The van der Waals surface area contributed by atoms with Gasteiger partial charge in [-0.25, -0.2) is 9.36 Å². The maximum atomic E-state index is 13.3. The van der Waals surface area contributed by atoms with E-state index in [1.807, 2.05) is 18.2 Å². The lowest BCUT2D eigenvalue weighted by atomic mass is 10.2. The summed E-state index contributed by atoms with van der Waals surface area (Å²) >= 11 is 15.7. The Kier molecular flexibility index (Phi) is 5.15. The summed E-state index contributed by atoms with van der Waals surface area (Å²) < 4.78 is 3.46. The molecule has 0 aliphatic heterocycles. The molecule has 0 amide bonds. The highest BCUT2D eigenvalue weighted by molar-refractivity contribution is 9.10. The molecule has 0 unspecified atom stereocenters. The molecule has 4 nitrogen and oxygen atoms in total. The summed E-state index contributed by atoms with van der Waals surface area (Å²) in [4.78, 5) is 26.5. The number of aromatic nitrogens is 2. The van der Waals surface area contributed by atoms with Gasteiger partial charge in [0.05, 0.1) is 23.1 Å². The Bertz CT molecular complexity index is 1310. The molecule has 4 rings (SSSR count). The van der Waals surface area contributed by atoms with Crippen molar-refractivity contribution in [3.8, 4) is 5.69 Å². The Labute approximate surface area is 178 Å². The van der Waals surface area contributed by atoms with E-state index in [0.717, 1.165) is 14.6 Å². The van der Waals surface area contributed by atoms with E-state index in [1.54, 1.807) is 53.1 Å². The fourth-order valence-electron chi connectivity index (χ4n) is 3.11. The highest BCUT2D eigenvalue weighted by Gasteiger charge is 2.16. The molecule has 140 valence electrons. The molecule has 0 saturated heterocycles. The van der Waals surface area contributed by atoms with Crippen LogP contribution in [0, 0.1) is 0 Å². The van der Waals surface area contributed by atoms with Crippen LogP contribution in [0.2, 0.25) is 10.0 Å². The molecule has 0 radical (unpaired) electrons. The van der Waals surface area contributed by atoms with Crippen molar-refractivity contribution in [2.75, 3.05) is 0 Å². The van der Waals surface area contributed by atoms with E-state index in [1.165, 1.54) is 0 Å². The second-order valence-corrected chi connectivity index (χ2v) is 8.00. The first-order valence-electron chi connectivity index (χ1n) is 8.40. The van der Waals surface area contributed by atoms with Gasteiger partial charge in [-0.3, -0.25) is 9.36 Å². The Balaban J connectivity index is 2.06. The molecule has 0 bridgehead atoms. The third-order valence-corrected chi connectivity index (χ3v) is 5.59. The zero-order valence-corrected chi connectivity index (χ0v) is 17.5. The molecule has 0 N–H and O–H groups in total. The Morgan fingerprint density at radius 1 is 0.893 bits per heavy atom. The van der Waals surface area contributed by atoms with E-state index >= 15 is 0 Å². The van der Waals surface area contributed by atoms with Crippen molar-refractivity contribution in [1.29, 1.82) is 0 Å².